The molecule has 0 unspecified atom stereocenters. The average Bonchev–Trinajstić information content (AvgIpc) is 1.78. The Labute approximate surface area is 62.5 Å². The van der Waals surface area contributed by atoms with Gasteiger partial charge in [-0.2, -0.15) is 0 Å². The molecule has 0 aliphatic heterocycles. The standard InChI is InChI=1S/C6H14N2OS/c1-10(2,9)8-6-4-3-5-7/h3-4H,5-7H2,1-2H3/b4-3+. The molecule has 0 rings (SSSR count). The summed E-state index contributed by atoms with van der Waals surface area (Å²) in [6, 6.07) is 0. The fourth-order valence-electron chi connectivity index (χ4n) is 0.393. The summed E-state index contributed by atoms with van der Waals surface area (Å²) < 4.78 is 14.8. The molecule has 0 radical (unpaired) electrons. The molecule has 0 atom stereocenters. The number of rotatable bonds is 3. The van der Waals surface area contributed by atoms with E-state index in [4.69, 9.17) is 5.73 Å². The third kappa shape index (κ3) is 7.65. The molecule has 0 aliphatic carbocycles. The first-order valence-electron chi connectivity index (χ1n) is 3.04. The molecule has 10 heavy (non-hydrogen) atoms. The van der Waals surface area contributed by atoms with Crippen LogP contribution in [0.5, 0.6) is 0 Å². The van der Waals surface area contributed by atoms with E-state index >= 15 is 0 Å². The van der Waals surface area contributed by atoms with Crippen LogP contribution in [0.15, 0.2) is 16.5 Å². The Morgan fingerprint density at radius 2 is 2.10 bits per heavy atom. The van der Waals surface area contributed by atoms with Gasteiger partial charge in [0.05, 0.1) is 6.54 Å². The monoisotopic (exact) mass is 162 g/mol. The summed E-state index contributed by atoms with van der Waals surface area (Å²) in [4.78, 5) is 0. The van der Waals surface area contributed by atoms with E-state index in [-0.39, 0.29) is 0 Å². The lowest BCUT2D eigenvalue weighted by molar-refractivity contribution is 0.683. The van der Waals surface area contributed by atoms with Crippen LogP contribution < -0.4 is 5.73 Å². The highest BCUT2D eigenvalue weighted by Gasteiger charge is 1.83. The van der Waals surface area contributed by atoms with Crippen molar-refractivity contribution in [3.8, 4) is 0 Å². The van der Waals surface area contributed by atoms with E-state index in [1.165, 1.54) is 0 Å². The van der Waals surface area contributed by atoms with E-state index in [0.717, 1.165) is 0 Å². The molecule has 2 N–H and O–H groups in total. The highest BCUT2D eigenvalue weighted by atomic mass is 32.2. The van der Waals surface area contributed by atoms with Crippen molar-refractivity contribution in [2.45, 2.75) is 0 Å². The van der Waals surface area contributed by atoms with E-state index in [0.29, 0.717) is 13.1 Å². The Bertz CT molecular complexity index is 206. The van der Waals surface area contributed by atoms with Gasteiger partial charge in [-0.15, -0.1) is 0 Å². The summed E-state index contributed by atoms with van der Waals surface area (Å²) in [6.07, 6.45) is 6.84. The van der Waals surface area contributed by atoms with Crippen LogP contribution in [-0.4, -0.2) is 29.8 Å². The first-order chi connectivity index (χ1) is 4.56. The second kappa shape index (κ2) is 4.46. The van der Waals surface area contributed by atoms with Gasteiger partial charge in [0.1, 0.15) is 0 Å². The minimum atomic E-state index is -1.92. The van der Waals surface area contributed by atoms with E-state index in [9.17, 15) is 4.21 Å². The Morgan fingerprint density at radius 1 is 1.50 bits per heavy atom. The molecule has 0 spiro atoms. The van der Waals surface area contributed by atoms with Gasteiger partial charge in [0.2, 0.25) is 0 Å². The summed E-state index contributed by atoms with van der Waals surface area (Å²) in [5.41, 5.74) is 5.18. The Morgan fingerprint density at radius 3 is 2.50 bits per heavy atom. The molecule has 0 aromatic rings. The number of hydrogen-bond acceptors (Lipinski definition) is 3. The van der Waals surface area contributed by atoms with E-state index in [1.54, 1.807) is 18.6 Å². The third-order valence-electron chi connectivity index (χ3n) is 0.794. The fourth-order valence-corrected chi connectivity index (χ4v) is 0.838. The predicted molar refractivity (Wildman–Crippen MR) is 45.5 cm³/mol. The molecule has 0 amide bonds. The Kier molecular flexibility index (Phi) is 4.31. The van der Waals surface area contributed by atoms with E-state index < -0.39 is 9.73 Å². The van der Waals surface area contributed by atoms with Crippen molar-refractivity contribution in [3.63, 3.8) is 0 Å². The largest absolute Gasteiger partial charge is 0.327 e. The van der Waals surface area contributed by atoms with Crippen molar-refractivity contribution in [3.05, 3.63) is 12.2 Å². The summed E-state index contributed by atoms with van der Waals surface area (Å²) in [7, 11) is -1.92. The van der Waals surface area contributed by atoms with Gasteiger partial charge in [-0.25, -0.2) is 4.36 Å². The van der Waals surface area contributed by atoms with E-state index in [2.05, 4.69) is 4.36 Å². The first-order valence-corrected chi connectivity index (χ1v) is 5.37. The molecule has 0 saturated heterocycles. The molecular formula is C6H14N2OS. The van der Waals surface area contributed by atoms with Crippen LogP contribution in [0.4, 0.5) is 0 Å². The van der Waals surface area contributed by atoms with Crippen LogP contribution in [0, 0.1) is 0 Å². The molecule has 60 valence electrons. The molecule has 0 aromatic heterocycles. The molecule has 0 heterocycles. The Hall–Kier alpha value is -0.350. The van der Waals surface area contributed by atoms with Gasteiger partial charge in [-0.1, -0.05) is 12.2 Å². The zero-order valence-electron chi connectivity index (χ0n) is 6.41. The molecule has 0 fully saturated rings. The SMILES string of the molecule is CS(C)(=O)=NC/C=C/CN. The van der Waals surface area contributed by atoms with Crippen LogP contribution in [0.3, 0.4) is 0 Å². The summed E-state index contributed by atoms with van der Waals surface area (Å²) in [6.45, 7) is 1.02. The van der Waals surface area contributed by atoms with Crippen molar-refractivity contribution in [2.24, 2.45) is 10.1 Å². The quantitative estimate of drug-likeness (QED) is 0.604. The zero-order chi connectivity index (χ0) is 8.04. The van der Waals surface area contributed by atoms with Gasteiger partial charge < -0.3 is 5.73 Å². The normalized spacial score (nSPS) is 12.3. The van der Waals surface area contributed by atoms with E-state index in [1.807, 2.05) is 6.08 Å². The van der Waals surface area contributed by atoms with Crippen LogP contribution in [-0.2, 0) is 9.73 Å². The second-order valence-electron chi connectivity index (χ2n) is 2.20. The van der Waals surface area contributed by atoms with Crippen molar-refractivity contribution < 1.29 is 4.21 Å². The first kappa shape index (κ1) is 9.65. The average molecular weight is 162 g/mol. The summed E-state index contributed by atoms with van der Waals surface area (Å²) >= 11 is 0. The minimum absolute atomic E-state index is 0.503. The fraction of sp³-hybridized carbons (Fsp3) is 0.667. The molecular weight excluding hydrogens is 148 g/mol. The van der Waals surface area contributed by atoms with Crippen molar-refractivity contribution in [1.29, 1.82) is 0 Å². The van der Waals surface area contributed by atoms with Gasteiger partial charge >= 0.3 is 0 Å². The van der Waals surface area contributed by atoms with Crippen molar-refractivity contribution in [2.75, 3.05) is 25.6 Å². The van der Waals surface area contributed by atoms with Crippen LogP contribution in [0.2, 0.25) is 0 Å². The maximum atomic E-state index is 10.9. The maximum absolute atomic E-state index is 10.9. The van der Waals surface area contributed by atoms with Gasteiger partial charge in [0.25, 0.3) is 0 Å². The van der Waals surface area contributed by atoms with Gasteiger partial charge in [0, 0.05) is 28.8 Å². The summed E-state index contributed by atoms with van der Waals surface area (Å²) in [5, 5.41) is 0. The number of hydrogen-bond donors (Lipinski definition) is 1. The maximum Gasteiger partial charge on any atom is 0.0665 e. The van der Waals surface area contributed by atoms with Crippen molar-refractivity contribution >= 4 is 9.73 Å². The van der Waals surface area contributed by atoms with Crippen LogP contribution >= 0.6 is 0 Å². The Balaban J connectivity index is 3.76. The number of nitrogens with zero attached hydrogens (tertiary/aromatic N) is 1. The smallest absolute Gasteiger partial charge is 0.0665 e. The topological polar surface area (TPSA) is 55.5 Å². The second-order valence-corrected chi connectivity index (χ2v) is 4.82. The van der Waals surface area contributed by atoms with Crippen LogP contribution in [0.1, 0.15) is 0 Å². The molecule has 4 heteroatoms. The van der Waals surface area contributed by atoms with Crippen LogP contribution in [0.25, 0.3) is 0 Å². The lowest BCUT2D eigenvalue weighted by atomic mass is 10.5. The molecule has 0 saturated carbocycles. The van der Waals surface area contributed by atoms with Gasteiger partial charge in [-0.3, -0.25) is 4.21 Å². The highest BCUT2D eigenvalue weighted by molar-refractivity contribution is 7.92. The van der Waals surface area contributed by atoms with Gasteiger partial charge in [0.15, 0.2) is 0 Å². The third-order valence-corrected chi connectivity index (χ3v) is 1.56. The lowest BCUT2D eigenvalue weighted by Gasteiger charge is -1.90. The minimum Gasteiger partial charge on any atom is -0.327 e. The molecule has 0 aliphatic rings. The molecule has 0 aromatic carbocycles. The highest BCUT2D eigenvalue weighted by Crippen LogP contribution is 1.83. The van der Waals surface area contributed by atoms with Crippen molar-refractivity contribution in [1.82, 2.24) is 0 Å². The van der Waals surface area contributed by atoms with Gasteiger partial charge in [-0.05, 0) is 0 Å². The predicted octanol–water partition coefficient (Wildman–Crippen LogP) is 0.229. The molecule has 3 nitrogen and oxygen atoms in total. The lowest BCUT2D eigenvalue weighted by Crippen LogP contribution is -1.94. The molecule has 0 bridgehead atoms. The number of nitrogens with two attached hydrogens (primary N) is 1. The zero-order valence-corrected chi connectivity index (χ0v) is 7.23. The summed E-state index contributed by atoms with van der Waals surface area (Å²) in [5.74, 6) is 0.